The van der Waals surface area contributed by atoms with Gasteiger partial charge in [0.2, 0.25) is 5.91 Å². The second kappa shape index (κ2) is 7.94. The van der Waals surface area contributed by atoms with Crippen LogP contribution in [0.3, 0.4) is 0 Å². The molecule has 2 aromatic heterocycles. The summed E-state index contributed by atoms with van der Waals surface area (Å²) in [6.45, 7) is 3.93. The number of halogens is 1. The first-order valence-corrected chi connectivity index (χ1v) is 13.0. The molecule has 1 spiro atoms. The molecule has 2 aliphatic rings. The molecular formula is C30H21BrN6O. The quantitative estimate of drug-likeness (QED) is 0.235. The Hall–Kier alpha value is -4.61. The summed E-state index contributed by atoms with van der Waals surface area (Å²) in [7, 11) is 0. The van der Waals surface area contributed by atoms with E-state index in [0.29, 0.717) is 34.0 Å². The zero-order valence-electron chi connectivity index (χ0n) is 20.6. The van der Waals surface area contributed by atoms with Crippen molar-refractivity contribution in [3.63, 3.8) is 0 Å². The number of rotatable bonds is 2. The molecule has 7 nitrogen and oxygen atoms in total. The number of carbonyl (C=O) groups excluding carboxylic acids is 1. The fourth-order valence-electron chi connectivity index (χ4n) is 5.91. The third-order valence-corrected chi connectivity index (χ3v) is 7.99. The maximum atomic E-state index is 14.2. The summed E-state index contributed by atoms with van der Waals surface area (Å²) >= 11 is 3.53. The number of H-pyrrole nitrogens is 1. The molecule has 8 heteroatoms. The third-order valence-electron chi connectivity index (χ3n) is 7.50. The van der Waals surface area contributed by atoms with Crippen LogP contribution in [0.15, 0.2) is 83.0 Å². The SMILES string of the molecule is Cc1ccc2c(C3=C(C#N)C4(C(=O)Nc5cc(Br)ccc54)c4c(C)nn(-c5ccccc5)c4N3)c[nH]c2c1. The van der Waals surface area contributed by atoms with Gasteiger partial charge in [0.05, 0.1) is 28.7 Å². The molecule has 0 saturated heterocycles. The van der Waals surface area contributed by atoms with Crippen molar-refractivity contribution in [1.29, 1.82) is 5.26 Å². The smallest absolute Gasteiger partial charge is 0.245 e. The molecule has 0 fully saturated rings. The Kier molecular flexibility index (Phi) is 4.72. The van der Waals surface area contributed by atoms with Crippen molar-refractivity contribution in [2.45, 2.75) is 19.3 Å². The lowest BCUT2D eigenvalue weighted by molar-refractivity contribution is -0.118. The summed E-state index contributed by atoms with van der Waals surface area (Å²) < 4.78 is 2.66. The summed E-state index contributed by atoms with van der Waals surface area (Å²) in [5.74, 6) is 0.392. The van der Waals surface area contributed by atoms with Crippen LogP contribution in [0.1, 0.15) is 27.9 Å². The van der Waals surface area contributed by atoms with Crippen molar-refractivity contribution in [2.75, 3.05) is 10.6 Å². The fourth-order valence-corrected chi connectivity index (χ4v) is 6.27. The molecule has 5 aromatic rings. The highest BCUT2D eigenvalue weighted by atomic mass is 79.9. The molecular weight excluding hydrogens is 540 g/mol. The Morgan fingerprint density at radius 2 is 1.84 bits per heavy atom. The summed E-state index contributed by atoms with van der Waals surface area (Å²) in [5.41, 5.74) is 6.05. The first kappa shape index (κ1) is 22.6. The Labute approximate surface area is 226 Å². The molecule has 1 atom stereocenters. The van der Waals surface area contributed by atoms with Crippen LogP contribution in [-0.4, -0.2) is 20.7 Å². The molecule has 4 heterocycles. The number of benzene rings is 3. The predicted molar refractivity (Wildman–Crippen MR) is 151 cm³/mol. The van der Waals surface area contributed by atoms with Crippen LogP contribution in [0.5, 0.6) is 0 Å². The van der Waals surface area contributed by atoms with E-state index in [2.05, 4.69) is 43.7 Å². The van der Waals surface area contributed by atoms with Crippen LogP contribution in [0.4, 0.5) is 11.5 Å². The lowest BCUT2D eigenvalue weighted by Gasteiger charge is -2.34. The van der Waals surface area contributed by atoms with Gasteiger partial charge < -0.3 is 15.6 Å². The Morgan fingerprint density at radius 1 is 1.03 bits per heavy atom. The number of aromatic nitrogens is 3. The molecule has 38 heavy (non-hydrogen) atoms. The van der Waals surface area contributed by atoms with Crippen molar-refractivity contribution in [3.8, 4) is 11.8 Å². The number of amides is 1. The zero-order valence-corrected chi connectivity index (χ0v) is 22.1. The van der Waals surface area contributed by atoms with Crippen LogP contribution in [-0.2, 0) is 10.2 Å². The van der Waals surface area contributed by atoms with Crippen molar-refractivity contribution < 1.29 is 4.79 Å². The number of nitriles is 1. The van der Waals surface area contributed by atoms with E-state index >= 15 is 0 Å². The number of hydrogen-bond donors (Lipinski definition) is 3. The van der Waals surface area contributed by atoms with Crippen LogP contribution in [0, 0.1) is 25.2 Å². The molecule has 3 N–H and O–H groups in total. The first-order chi connectivity index (χ1) is 18.4. The number of nitrogens with zero attached hydrogens (tertiary/aromatic N) is 3. The molecule has 7 rings (SSSR count). The van der Waals surface area contributed by atoms with Crippen molar-refractivity contribution in [1.82, 2.24) is 14.8 Å². The number of carbonyl (C=O) groups is 1. The van der Waals surface area contributed by atoms with Gasteiger partial charge in [-0.15, -0.1) is 0 Å². The van der Waals surface area contributed by atoms with E-state index in [-0.39, 0.29) is 5.91 Å². The third kappa shape index (κ3) is 2.88. The van der Waals surface area contributed by atoms with Gasteiger partial charge in [0.15, 0.2) is 0 Å². The largest absolute Gasteiger partial charge is 0.360 e. The Balaban J connectivity index is 1.62. The minimum absolute atomic E-state index is 0.270. The second-order valence-corrected chi connectivity index (χ2v) is 10.6. The van der Waals surface area contributed by atoms with E-state index in [0.717, 1.165) is 37.8 Å². The molecule has 0 radical (unpaired) electrons. The highest BCUT2D eigenvalue weighted by molar-refractivity contribution is 9.10. The van der Waals surface area contributed by atoms with Gasteiger partial charge in [-0.05, 0) is 49.7 Å². The number of fused-ring (bicyclic) bond motifs is 5. The average Bonchev–Trinajstić information content (AvgIpc) is 3.56. The summed E-state index contributed by atoms with van der Waals surface area (Å²) in [4.78, 5) is 17.5. The maximum Gasteiger partial charge on any atom is 0.245 e. The number of anilines is 2. The maximum absolute atomic E-state index is 14.2. The van der Waals surface area contributed by atoms with E-state index in [4.69, 9.17) is 5.10 Å². The van der Waals surface area contributed by atoms with Gasteiger partial charge in [-0.3, -0.25) is 4.79 Å². The fraction of sp³-hybridized carbons (Fsp3) is 0.100. The van der Waals surface area contributed by atoms with Gasteiger partial charge in [-0.2, -0.15) is 10.4 Å². The summed E-state index contributed by atoms with van der Waals surface area (Å²) in [6, 6.07) is 24.1. The average molecular weight is 561 g/mol. The predicted octanol–water partition coefficient (Wildman–Crippen LogP) is 6.33. The van der Waals surface area contributed by atoms with E-state index in [1.165, 1.54) is 0 Å². The minimum atomic E-state index is -1.37. The number of para-hydroxylation sites is 1. The van der Waals surface area contributed by atoms with Crippen LogP contribution >= 0.6 is 15.9 Å². The molecule has 3 aromatic carbocycles. The first-order valence-electron chi connectivity index (χ1n) is 12.2. The molecule has 0 saturated carbocycles. The van der Waals surface area contributed by atoms with E-state index in [1.807, 2.05) is 85.4 Å². The van der Waals surface area contributed by atoms with Gasteiger partial charge >= 0.3 is 0 Å². The topological polar surface area (TPSA) is 98.5 Å². The molecule has 0 bridgehead atoms. The van der Waals surface area contributed by atoms with Gasteiger partial charge in [-0.25, -0.2) is 4.68 Å². The highest BCUT2D eigenvalue weighted by Crippen LogP contribution is 2.56. The molecule has 184 valence electrons. The molecule has 1 unspecified atom stereocenters. The van der Waals surface area contributed by atoms with Crippen LogP contribution in [0.2, 0.25) is 0 Å². The van der Waals surface area contributed by atoms with Gasteiger partial charge in [0.25, 0.3) is 0 Å². The number of hydrogen-bond acceptors (Lipinski definition) is 4. The lowest BCUT2D eigenvalue weighted by Crippen LogP contribution is -2.42. The van der Waals surface area contributed by atoms with E-state index in [9.17, 15) is 10.1 Å². The van der Waals surface area contributed by atoms with Crippen LogP contribution in [0.25, 0.3) is 22.3 Å². The standard InChI is InChI=1S/C30H21BrN6O/c1-16-8-10-20-21(15-33-24(20)12-16)27-23(14-32)30(22-11-9-18(31)13-25(22)34-29(30)38)26-17(2)36-37(28(26)35-27)19-6-4-3-5-7-19/h3-13,15,33,35H,1-2H3,(H,34,38). The normalized spacial score (nSPS) is 17.8. The minimum Gasteiger partial charge on any atom is -0.360 e. The Morgan fingerprint density at radius 3 is 2.63 bits per heavy atom. The molecule has 2 aliphatic heterocycles. The number of nitrogens with one attached hydrogen (secondary N) is 3. The second-order valence-electron chi connectivity index (χ2n) is 9.69. The highest BCUT2D eigenvalue weighted by Gasteiger charge is 2.58. The van der Waals surface area contributed by atoms with E-state index < -0.39 is 5.41 Å². The number of aromatic amines is 1. The van der Waals surface area contributed by atoms with Crippen LogP contribution < -0.4 is 10.6 Å². The monoisotopic (exact) mass is 560 g/mol. The van der Waals surface area contributed by atoms with Gasteiger partial charge in [0.1, 0.15) is 11.2 Å². The molecule has 0 aliphatic carbocycles. The lowest BCUT2D eigenvalue weighted by atomic mass is 9.67. The van der Waals surface area contributed by atoms with Crippen molar-refractivity contribution in [2.24, 2.45) is 0 Å². The summed E-state index contributed by atoms with van der Waals surface area (Å²) in [6.07, 6.45) is 1.90. The van der Waals surface area contributed by atoms with Crippen molar-refractivity contribution >= 4 is 49.9 Å². The zero-order chi connectivity index (χ0) is 26.2. The van der Waals surface area contributed by atoms with Crippen molar-refractivity contribution in [3.05, 3.63) is 111 Å². The van der Waals surface area contributed by atoms with Gasteiger partial charge in [0, 0.05) is 44.0 Å². The Bertz CT molecular complexity index is 1890. The van der Waals surface area contributed by atoms with Gasteiger partial charge in [-0.1, -0.05) is 52.3 Å². The molecule has 1 amide bonds. The summed E-state index contributed by atoms with van der Waals surface area (Å²) in [5, 5.41) is 23.2. The number of aryl methyl sites for hydroxylation is 2. The van der Waals surface area contributed by atoms with E-state index in [1.54, 1.807) is 0 Å².